The predicted octanol–water partition coefficient (Wildman–Crippen LogP) is 1.78. The van der Waals surface area contributed by atoms with Crippen molar-refractivity contribution in [3.8, 4) is 0 Å². The molecule has 5 atom stereocenters. The lowest BCUT2D eigenvalue weighted by atomic mass is 9.76. The number of likely N-dealkylation sites (tertiary alicyclic amines) is 1. The van der Waals surface area contributed by atoms with Crippen molar-refractivity contribution in [2.24, 2.45) is 11.8 Å². The summed E-state index contributed by atoms with van der Waals surface area (Å²) < 4.78 is 0. The van der Waals surface area contributed by atoms with Crippen molar-refractivity contribution in [1.82, 2.24) is 10.2 Å². The summed E-state index contributed by atoms with van der Waals surface area (Å²) in [6.45, 7) is 3.27. The molecule has 3 N–H and O–H groups in total. The number of nitrogens with zero attached hydrogens (tertiary/aromatic N) is 1. The first-order chi connectivity index (χ1) is 13.8. The minimum Gasteiger partial charge on any atom is -0.480 e. The van der Waals surface area contributed by atoms with Gasteiger partial charge >= 0.3 is 5.97 Å². The number of hydrogen-bond acceptors (Lipinski definition) is 5. The Hall–Kier alpha value is -2.25. The Kier molecular flexibility index (Phi) is 4.99. The highest BCUT2D eigenvalue weighted by atomic mass is 16.4. The Balaban J connectivity index is 1.83. The number of carboxylic acids is 1. The van der Waals surface area contributed by atoms with E-state index in [4.69, 9.17) is 0 Å². The summed E-state index contributed by atoms with van der Waals surface area (Å²) in [7, 11) is 0. The monoisotopic (exact) mass is 400 g/mol. The van der Waals surface area contributed by atoms with Crippen molar-refractivity contribution in [3.63, 3.8) is 0 Å². The van der Waals surface area contributed by atoms with Gasteiger partial charge in [-0.05, 0) is 37.8 Å². The van der Waals surface area contributed by atoms with Gasteiger partial charge in [-0.2, -0.15) is 0 Å². The van der Waals surface area contributed by atoms with Crippen molar-refractivity contribution in [3.05, 3.63) is 35.4 Å². The SMILES string of the molecule is Cc1ccccc1C1NC(C(=O)O)(C(C)O)C2C(=O)N(C3CCCCC3)C(=O)C12. The van der Waals surface area contributed by atoms with E-state index in [1.165, 1.54) is 11.8 Å². The van der Waals surface area contributed by atoms with E-state index in [1.54, 1.807) is 0 Å². The van der Waals surface area contributed by atoms with E-state index in [0.717, 1.165) is 43.2 Å². The van der Waals surface area contributed by atoms with Crippen LogP contribution in [0, 0.1) is 18.8 Å². The van der Waals surface area contributed by atoms with Gasteiger partial charge in [0, 0.05) is 12.1 Å². The molecular weight excluding hydrogens is 372 g/mol. The van der Waals surface area contributed by atoms with E-state index in [9.17, 15) is 24.6 Å². The number of imide groups is 1. The molecule has 0 bridgehead atoms. The quantitative estimate of drug-likeness (QED) is 0.665. The van der Waals surface area contributed by atoms with Crippen LogP contribution in [0.3, 0.4) is 0 Å². The van der Waals surface area contributed by atoms with Crippen LogP contribution in [-0.2, 0) is 14.4 Å². The van der Waals surface area contributed by atoms with Gasteiger partial charge in [0.15, 0.2) is 5.54 Å². The highest BCUT2D eigenvalue weighted by Gasteiger charge is 2.70. The number of hydrogen-bond donors (Lipinski definition) is 3. The maximum Gasteiger partial charge on any atom is 0.327 e. The minimum atomic E-state index is -1.90. The molecule has 4 rings (SSSR count). The topological polar surface area (TPSA) is 107 Å². The number of nitrogens with one attached hydrogen (secondary N) is 1. The molecule has 3 fully saturated rings. The van der Waals surface area contributed by atoms with Crippen LogP contribution in [0.2, 0.25) is 0 Å². The number of benzene rings is 1. The molecular formula is C22H28N2O5. The standard InChI is InChI=1S/C22H28N2O5/c1-12-8-6-7-11-15(12)18-16-17(22(23-18,13(2)25)21(28)29)20(27)24(19(16)26)14-9-4-3-5-10-14/h6-8,11,13-14,16-18,23,25H,3-5,9-10H2,1-2H3,(H,28,29). The van der Waals surface area contributed by atoms with Gasteiger partial charge in [-0.1, -0.05) is 43.5 Å². The second-order valence-corrected chi connectivity index (χ2v) is 8.67. The lowest BCUT2D eigenvalue weighted by Gasteiger charge is -2.36. The number of aryl methyl sites for hydroxylation is 1. The fourth-order valence-corrected chi connectivity index (χ4v) is 5.63. The van der Waals surface area contributed by atoms with Gasteiger partial charge in [0.2, 0.25) is 11.8 Å². The number of carboxylic acid groups (broad SMARTS) is 1. The number of aliphatic hydroxyl groups excluding tert-OH is 1. The summed E-state index contributed by atoms with van der Waals surface area (Å²) in [4.78, 5) is 40.7. The lowest BCUT2D eigenvalue weighted by Crippen LogP contribution is -2.62. The Morgan fingerprint density at radius 2 is 1.83 bits per heavy atom. The summed E-state index contributed by atoms with van der Waals surface area (Å²) in [6.07, 6.45) is 3.17. The molecule has 156 valence electrons. The van der Waals surface area contributed by atoms with Crippen LogP contribution in [0.25, 0.3) is 0 Å². The first-order valence-electron chi connectivity index (χ1n) is 10.4. The largest absolute Gasteiger partial charge is 0.480 e. The molecule has 29 heavy (non-hydrogen) atoms. The van der Waals surface area contributed by atoms with Gasteiger partial charge in [0.05, 0.1) is 17.9 Å². The zero-order chi connectivity index (χ0) is 20.9. The van der Waals surface area contributed by atoms with Crippen LogP contribution in [0.4, 0.5) is 0 Å². The predicted molar refractivity (Wildman–Crippen MR) is 105 cm³/mol. The molecule has 1 saturated carbocycles. The zero-order valence-electron chi connectivity index (χ0n) is 16.8. The molecule has 2 aliphatic heterocycles. The number of rotatable bonds is 4. The summed E-state index contributed by atoms with van der Waals surface area (Å²) in [5, 5.41) is 23.7. The third-order valence-electron chi connectivity index (χ3n) is 7.11. The smallest absolute Gasteiger partial charge is 0.327 e. The van der Waals surface area contributed by atoms with Gasteiger partial charge in [-0.3, -0.25) is 24.6 Å². The number of fused-ring (bicyclic) bond motifs is 1. The van der Waals surface area contributed by atoms with Crippen molar-refractivity contribution < 1.29 is 24.6 Å². The zero-order valence-corrected chi connectivity index (χ0v) is 16.8. The molecule has 3 aliphatic rings. The van der Waals surface area contributed by atoms with Crippen molar-refractivity contribution in [2.45, 2.75) is 69.7 Å². The highest BCUT2D eigenvalue weighted by molar-refractivity contribution is 6.10. The van der Waals surface area contributed by atoms with E-state index >= 15 is 0 Å². The summed E-state index contributed by atoms with van der Waals surface area (Å²) in [5.74, 6) is -4.03. The van der Waals surface area contributed by atoms with Gasteiger partial charge in [-0.15, -0.1) is 0 Å². The van der Waals surface area contributed by atoms with E-state index in [1.807, 2.05) is 31.2 Å². The fourth-order valence-electron chi connectivity index (χ4n) is 5.63. The molecule has 1 aliphatic carbocycles. The first-order valence-corrected chi connectivity index (χ1v) is 10.4. The molecule has 1 aromatic rings. The molecule has 7 heteroatoms. The molecule has 2 saturated heterocycles. The molecule has 1 aromatic carbocycles. The van der Waals surface area contributed by atoms with E-state index in [-0.39, 0.29) is 11.9 Å². The molecule has 2 amide bonds. The van der Waals surface area contributed by atoms with Crippen molar-refractivity contribution in [2.75, 3.05) is 0 Å². The Morgan fingerprint density at radius 3 is 2.41 bits per heavy atom. The number of carbonyl (C=O) groups is 3. The van der Waals surface area contributed by atoms with E-state index < -0.39 is 41.4 Å². The maximum absolute atomic E-state index is 13.5. The average molecular weight is 400 g/mol. The summed E-state index contributed by atoms with van der Waals surface area (Å²) in [5.41, 5.74) is -0.196. The molecule has 0 radical (unpaired) electrons. The average Bonchev–Trinajstić information content (AvgIpc) is 3.18. The second-order valence-electron chi connectivity index (χ2n) is 8.67. The normalized spacial score (nSPS) is 33.8. The van der Waals surface area contributed by atoms with Crippen LogP contribution in [0.15, 0.2) is 24.3 Å². The molecule has 2 heterocycles. The number of aliphatic hydroxyl groups is 1. The molecule has 5 unspecified atom stereocenters. The number of carbonyl (C=O) groups excluding carboxylic acids is 2. The third-order valence-corrected chi connectivity index (χ3v) is 7.11. The van der Waals surface area contributed by atoms with Crippen LogP contribution in [0.5, 0.6) is 0 Å². The third kappa shape index (κ3) is 2.82. The van der Waals surface area contributed by atoms with Crippen LogP contribution in [-0.4, -0.2) is 50.6 Å². The Labute approximate surface area is 170 Å². The maximum atomic E-state index is 13.5. The first kappa shape index (κ1) is 20.0. The lowest BCUT2D eigenvalue weighted by molar-refractivity contribution is -0.157. The van der Waals surface area contributed by atoms with Gasteiger partial charge < -0.3 is 10.2 Å². The Bertz CT molecular complexity index is 847. The van der Waals surface area contributed by atoms with Gasteiger partial charge in [-0.25, -0.2) is 0 Å². The van der Waals surface area contributed by atoms with Crippen LogP contribution >= 0.6 is 0 Å². The second kappa shape index (κ2) is 7.22. The molecule has 0 spiro atoms. The number of aliphatic carboxylic acids is 1. The summed E-state index contributed by atoms with van der Waals surface area (Å²) in [6, 6.07) is 6.65. The van der Waals surface area contributed by atoms with Crippen LogP contribution < -0.4 is 5.32 Å². The highest BCUT2D eigenvalue weighted by Crippen LogP contribution is 2.51. The summed E-state index contributed by atoms with van der Waals surface area (Å²) >= 11 is 0. The Morgan fingerprint density at radius 1 is 1.17 bits per heavy atom. The van der Waals surface area contributed by atoms with Crippen molar-refractivity contribution >= 4 is 17.8 Å². The molecule has 7 nitrogen and oxygen atoms in total. The van der Waals surface area contributed by atoms with Gasteiger partial charge in [0.1, 0.15) is 0 Å². The van der Waals surface area contributed by atoms with Crippen molar-refractivity contribution in [1.29, 1.82) is 0 Å². The van der Waals surface area contributed by atoms with E-state index in [2.05, 4.69) is 5.32 Å². The van der Waals surface area contributed by atoms with E-state index in [0.29, 0.717) is 0 Å². The fraction of sp³-hybridized carbons (Fsp3) is 0.591. The van der Waals surface area contributed by atoms with Gasteiger partial charge in [0.25, 0.3) is 0 Å². The van der Waals surface area contributed by atoms with Crippen LogP contribution in [0.1, 0.15) is 56.2 Å². The molecule has 0 aromatic heterocycles. The minimum absolute atomic E-state index is 0.174. The number of amides is 2.